The van der Waals surface area contributed by atoms with E-state index in [1.165, 1.54) is 41.4 Å². The largest absolute Gasteiger partial charge is 0.450 e. The summed E-state index contributed by atoms with van der Waals surface area (Å²) in [4.78, 5) is 42.6. The number of rotatable bonds is 3. The van der Waals surface area contributed by atoms with E-state index in [-0.39, 0.29) is 33.8 Å². The Kier molecular flexibility index (Phi) is 4.11. The zero-order valence-electron chi connectivity index (χ0n) is 15.7. The molecular weight excluding hydrogens is 405 g/mol. The molecule has 152 valence electrons. The van der Waals surface area contributed by atoms with E-state index >= 15 is 0 Å². The first kappa shape index (κ1) is 18.6. The molecule has 0 unspecified atom stereocenters. The van der Waals surface area contributed by atoms with Crippen molar-refractivity contribution in [2.45, 2.75) is 6.04 Å². The van der Waals surface area contributed by atoms with E-state index in [1.54, 1.807) is 18.2 Å². The van der Waals surface area contributed by atoms with Crippen LogP contribution in [-0.2, 0) is 0 Å². The molecule has 2 aromatic carbocycles. The molecule has 0 saturated carbocycles. The van der Waals surface area contributed by atoms with Crippen LogP contribution in [0.4, 0.5) is 15.9 Å². The second-order valence-corrected chi connectivity index (χ2v) is 6.93. The molecular formula is C22H12FN3O5. The summed E-state index contributed by atoms with van der Waals surface area (Å²) >= 11 is 0. The Morgan fingerprint density at radius 3 is 2.52 bits per heavy atom. The normalized spacial score (nSPS) is 15.3. The number of nitro benzene ring substituents is 1. The Balaban J connectivity index is 1.79. The summed E-state index contributed by atoms with van der Waals surface area (Å²) < 4.78 is 19.5. The molecule has 0 fully saturated rings. The van der Waals surface area contributed by atoms with Gasteiger partial charge < -0.3 is 4.42 Å². The standard InChI is InChI=1S/C22H12FN3O5/c23-13-6-9-16-15(11-13)20(27)18-19(12-4-7-14(8-5-12)26(29)30)25(22(28)21(18)31-16)17-3-1-2-10-24-17/h1-11,19H/t19-/m0/s1. The summed E-state index contributed by atoms with van der Waals surface area (Å²) in [5.41, 5.74) is -0.117. The van der Waals surface area contributed by atoms with Crippen LogP contribution in [0, 0.1) is 15.9 Å². The Labute approximate surface area is 173 Å². The second kappa shape index (κ2) is 6.84. The number of non-ortho nitro benzene ring substituents is 1. The summed E-state index contributed by atoms with van der Waals surface area (Å²) in [6.07, 6.45) is 1.50. The summed E-state index contributed by atoms with van der Waals surface area (Å²) in [6, 6.07) is 13.0. The number of pyridine rings is 1. The van der Waals surface area contributed by atoms with Gasteiger partial charge in [0.05, 0.1) is 21.9 Å². The monoisotopic (exact) mass is 417 g/mol. The number of amides is 1. The molecule has 31 heavy (non-hydrogen) atoms. The second-order valence-electron chi connectivity index (χ2n) is 6.93. The number of carbonyl (C=O) groups is 1. The van der Waals surface area contributed by atoms with E-state index < -0.39 is 28.1 Å². The first-order valence-electron chi connectivity index (χ1n) is 9.21. The molecule has 5 rings (SSSR count). The van der Waals surface area contributed by atoms with Crippen LogP contribution in [-0.4, -0.2) is 15.8 Å². The number of nitro groups is 1. The topological polar surface area (TPSA) is 107 Å². The molecule has 0 aliphatic carbocycles. The van der Waals surface area contributed by atoms with Crippen molar-refractivity contribution in [2.75, 3.05) is 4.90 Å². The van der Waals surface area contributed by atoms with Gasteiger partial charge in [-0.1, -0.05) is 6.07 Å². The van der Waals surface area contributed by atoms with Crippen molar-refractivity contribution in [2.24, 2.45) is 0 Å². The fraction of sp³-hybridized carbons (Fsp3) is 0.0455. The molecule has 8 nitrogen and oxygen atoms in total. The van der Waals surface area contributed by atoms with Gasteiger partial charge in [-0.25, -0.2) is 9.37 Å². The fourth-order valence-electron chi connectivity index (χ4n) is 3.77. The van der Waals surface area contributed by atoms with Crippen LogP contribution < -0.4 is 10.3 Å². The van der Waals surface area contributed by atoms with Gasteiger partial charge in [0.1, 0.15) is 17.2 Å². The maximum atomic E-state index is 13.8. The molecule has 2 aromatic heterocycles. The molecule has 1 amide bonds. The third-order valence-electron chi connectivity index (χ3n) is 5.15. The summed E-state index contributed by atoms with van der Waals surface area (Å²) in [7, 11) is 0. The van der Waals surface area contributed by atoms with Crippen molar-refractivity contribution in [1.29, 1.82) is 0 Å². The molecule has 0 N–H and O–H groups in total. The minimum absolute atomic E-state index is 0.00123. The van der Waals surface area contributed by atoms with Crippen LogP contribution in [0.15, 0.2) is 76.1 Å². The van der Waals surface area contributed by atoms with Gasteiger partial charge in [-0.3, -0.25) is 24.6 Å². The zero-order valence-corrected chi connectivity index (χ0v) is 15.7. The highest BCUT2D eigenvalue weighted by atomic mass is 19.1. The van der Waals surface area contributed by atoms with Gasteiger partial charge in [-0.2, -0.15) is 0 Å². The minimum atomic E-state index is -0.942. The summed E-state index contributed by atoms with van der Waals surface area (Å²) in [5, 5.41) is 11.0. The van der Waals surface area contributed by atoms with Gasteiger partial charge in [0.15, 0.2) is 5.43 Å². The summed E-state index contributed by atoms with van der Waals surface area (Å²) in [5.74, 6) is -1.09. The molecule has 1 aliphatic heterocycles. The third kappa shape index (κ3) is 2.86. The lowest BCUT2D eigenvalue weighted by Crippen LogP contribution is -2.30. The molecule has 3 heterocycles. The van der Waals surface area contributed by atoms with Crippen LogP contribution in [0.1, 0.15) is 27.7 Å². The number of hydrogen-bond donors (Lipinski definition) is 0. The van der Waals surface area contributed by atoms with Crippen LogP contribution in [0.5, 0.6) is 0 Å². The van der Waals surface area contributed by atoms with Crippen LogP contribution in [0.3, 0.4) is 0 Å². The van der Waals surface area contributed by atoms with Crippen molar-refractivity contribution in [3.05, 3.63) is 110 Å². The van der Waals surface area contributed by atoms with Gasteiger partial charge in [0, 0.05) is 18.3 Å². The van der Waals surface area contributed by atoms with Crippen molar-refractivity contribution in [3.63, 3.8) is 0 Å². The lowest BCUT2D eigenvalue weighted by molar-refractivity contribution is -0.384. The van der Waals surface area contributed by atoms with E-state index in [0.717, 1.165) is 12.1 Å². The lowest BCUT2D eigenvalue weighted by atomic mass is 9.98. The number of benzene rings is 2. The number of hydrogen-bond acceptors (Lipinski definition) is 6. The first-order chi connectivity index (χ1) is 15.0. The number of aromatic nitrogens is 1. The zero-order chi connectivity index (χ0) is 21.7. The van der Waals surface area contributed by atoms with Gasteiger partial charge in [-0.05, 0) is 48.0 Å². The van der Waals surface area contributed by atoms with Crippen LogP contribution >= 0.6 is 0 Å². The lowest BCUT2D eigenvalue weighted by Gasteiger charge is -2.24. The van der Waals surface area contributed by atoms with Gasteiger partial charge in [0.25, 0.3) is 11.6 Å². The molecule has 0 bridgehead atoms. The Bertz CT molecular complexity index is 1420. The number of fused-ring (bicyclic) bond motifs is 2. The fourth-order valence-corrected chi connectivity index (χ4v) is 3.77. The molecule has 0 radical (unpaired) electrons. The molecule has 0 saturated heterocycles. The van der Waals surface area contributed by atoms with Crippen LogP contribution in [0.25, 0.3) is 11.0 Å². The van der Waals surface area contributed by atoms with E-state index in [0.29, 0.717) is 5.56 Å². The maximum Gasteiger partial charge on any atom is 0.296 e. The number of halogens is 1. The van der Waals surface area contributed by atoms with Gasteiger partial charge >= 0.3 is 0 Å². The highest BCUT2D eigenvalue weighted by Crippen LogP contribution is 2.40. The van der Waals surface area contributed by atoms with Crippen molar-refractivity contribution < 1.29 is 18.5 Å². The maximum absolute atomic E-state index is 13.8. The molecule has 4 aromatic rings. The van der Waals surface area contributed by atoms with Crippen molar-refractivity contribution >= 4 is 28.4 Å². The molecule has 0 spiro atoms. The Hall–Kier alpha value is -4.40. The quantitative estimate of drug-likeness (QED) is 0.369. The Morgan fingerprint density at radius 1 is 1.06 bits per heavy atom. The van der Waals surface area contributed by atoms with E-state index in [4.69, 9.17) is 4.42 Å². The highest BCUT2D eigenvalue weighted by Gasteiger charge is 2.44. The molecule has 1 atom stereocenters. The molecule has 1 aliphatic rings. The first-order valence-corrected chi connectivity index (χ1v) is 9.21. The molecule has 9 heteroatoms. The number of carbonyl (C=O) groups excluding carboxylic acids is 1. The van der Waals surface area contributed by atoms with E-state index in [1.807, 2.05) is 0 Å². The van der Waals surface area contributed by atoms with Crippen LogP contribution in [0.2, 0.25) is 0 Å². The SMILES string of the molecule is O=C1c2oc3ccc(F)cc3c(=O)c2[C@H](c2ccc([N+](=O)[O-])cc2)N1c1ccccn1. The summed E-state index contributed by atoms with van der Waals surface area (Å²) in [6.45, 7) is 0. The third-order valence-corrected chi connectivity index (χ3v) is 5.15. The van der Waals surface area contributed by atoms with Gasteiger partial charge in [0.2, 0.25) is 5.76 Å². The number of anilines is 1. The smallest absolute Gasteiger partial charge is 0.296 e. The van der Waals surface area contributed by atoms with Crippen molar-refractivity contribution in [1.82, 2.24) is 4.98 Å². The van der Waals surface area contributed by atoms with Crippen molar-refractivity contribution in [3.8, 4) is 0 Å². The average Bonchev–Trinajstić information content (AvgIpc) is 3.07. The van der Waals surface area contributed by atoms with E-state index in [9.17, 15) is 24.1 Å². The number of nitrogens with zero attached hydrogens (tertiary/aromatic N) is 3. The minimum Gasteiger partial charge on any atom is -0.450 e. The highest BCUT2D eigenvalue weighted by molar-refractivity contribution is 6.10. The average molecular weight is 417 g/mol. The predicted octanol–water partition coefficient (Wildman–Crippen LogP) is 3.99. The predicted molar refractivity (Wildman–Crippen MR) is 108 cm³/mol. The Morgan fingerprint density at radius 2 is 1.84 bits per heavy atom. The van der Waals surface area contributed by atoms with E-state index in [2.05, 4.69) is 4.98 Å². The van der Waals surface area contributed by atoms with Gasteiger partial charge in [-0.15, -0.1) is 0 Å².